The number of halogens is 2. The van der Waals surface area contributed by atoms with Crippen molar-refractivity contribution >= 4 is 11.6 Å². The molecule has 1 aromatic carbocycles. The van der Waals surface area contributed by atoms with Crippen molar-refractivity contribution in [3.8, 4) is 0 Å². The van der Waals surface area contributed by atoms with Crippen LogP contribution in [-0.4, -0.2) is 25.5 Å². The molecule has 1 N–H and O–H groups in total. The van der Waals surface area contributed by atoms with E-state index in [1.54, 1.807) is 6.07 Å². The molecule has 1 aromatic rings. The van der Waals surface area contributed by atoms with Crippen molar-refractivity contribution in [3.05, 3.63) is 29.8 Å². The fourth-order valence-electron chi connectivity index (χ4n) is 4.29. The van der Waals surface area contributed by atoms with E-state index in [1.165, 1.54) is 50.7 Å². The first-order valence-electron chi connectivity index (χ1n) is 10.1. The van der Waals surface area contributed by atoms with Gasteiger partial charge in [-0.2, -0.15) is 0 Å². The van der Waals surface area contributed by atoms with Crippen LogP contribution in [0.5, 0.6) is 0 Å². The fourth-order valence-corrected chi connectivity index (χ4v) is 4.29. The lowest BCUT2D eigenvalue weighted by atomic mass is 9.86. The molecule has 1 saturated heterocycles. The van der Waals surface area contributed by atoms with Crippen LogP contribution in [0.1, 0.15) is 57.8 Å². The maximum Gasteiger partial charge on any atom is 0.220 e. The van der Waals surface area contributed by atoms with Gasteiger partial charge in [0.05, 0.1) is 0 Å². The number of anilines is 1. The molecule has 1 saturated carbocycles. The molecule has 0 spiro atoms. The lowest BCUT2D eigenvalue weighted by molar-refractivity contribution is -0.121. The van der Waals surface area contributed by atoms with Gasteiger partial charge in [-0.1, -0.05) is 32.1 Å². The third-order valence-corrected chi connectivity index (χ3v) is 5.88. The molecule has 3 nitrogen and oxygen atoms in total. The number of nitrogens with one attached hydrogen (secondary N) is 1. The molecule has 2 fully saturated rings. The van der Waals surface area contributed by atoms with Crippen LogP contribution in [0.2, 0.25) is 0 Å². The Morgan fingerprint density at radius 2 is 1.88 bits per heavy atom. The molecule has 2 aliphatic rings. The largest absolute Gasteiger partial charge is 0.371 e. The number of carbonyl (C=O) groups is 1. The summed E-state index contributed by atoms with van der Waals surface area (Å²) in [4.78, 5) is 14.1. The Hall–Kier alpha value is -1.65. The average Bonchev–Trinajstić information content (AvgIpc) is 3.12. The van der Waals surface area contributed by atoms with Gasteiger partial charge in [0.1, 0.15) is 0 Å². The van der Waals surface area contributed by atoms with E-state index in [0.29, 0.717) is 24.6 Å². The Bertz CT molecular complexity index is 602. The minimum absolute atomic E-state index is 0.145. The molecular formula is C21H30F2N2O. The van der Waals surface area contributed by atoms with E-state index >= 15 is 0 Å². The molecule has 0 bridgehead atoms. The molecule has 144 valence electrons. The molecule has 1 unspecified atom stereocenters. The summed E-state index contributed by atoms with van der Waals surface area (Å²) in [5.41, 5.74) is 0.713. The van der Waals surface area contributed by atoms with Crippen LogP contribution in [0.15, 0.2) is 18.2 Å². The topological polar surface area (TPSA) is 32.3 Å². The maximum absolute atomic E-state index is 13.4. The van der Waals surface area contributed by atoms with Gasteiger partial charge in [-0.15, -0.1) is 0 Å². The number of carbonyl (C=O) groups excluding carboxylic acids is 1. The van der Waals surface area contributed by atoms with Gasteiger partial charge in [0.15, 0.2) is 11.6 Å². The predicted molar refractivity (Wildman–Crippen MR) is 100 cm³/mol. The van der Waals surface area contributed by atoms with Crippen LogP contribution >= 0.6 is 0 Å². The smallest absolute Gasteiger partial charge is 0.220 e. The van der Waals surface area contributed by atoms with Crippen LogP contribution in [0, 0.1) is 23.5 Å². The highest BCUT2D eigenvalue weighted by Crippen LogP contribution is 2.28. The number of benzene rings is 1. The van der Waals surface area contributed by atoms with Gasteiger partial charge in [-0.3, -0.25) is 4.79 Å². The van der Waals surface area contributed by atoms with Crippen LogP contribution < -0.4 is 10.2 Å². The Labute approximate surface area is 155 Å². The van der Waals surface area contributed by atoms with E-state index in [9.17, 15) is 13.6 Å². The van der Waals surface area contributed by atoms with Crippen molar-refractivity contribution in [2.45, 2.75) is 57.8 Å². The third kappa shape index (κ3) is 5.42. The van der Waals surface area contributed by atoms with Crippen molar-refractivity contribution in [2.24, 2.45) is 11.8 Å². The van der Waals surface area contributed by atoms with E-state index in [4.69, 9.17) is 0 Å². The molecule has 3 rings (SSSR count). The normalized spacial score (nSPS) is 21.2. The number of hydrogen-bond donors (Lipinski definition) is 1. The highest BCUT2D eigenvalue weighted by atomic mass is 19.2. The van der Waals surface area contributed by atoms with Gasteiger partial charge >= 0.3 is 0 Å². The second-order valence-corrected chi connectivity index (χ2v) is 7.90. The molecule has 1 amide bonds. The zero-order chi connectivity index (χ0) is 18.4. The summed E-state index contributed by atoms with van der Waals surface area (Å²) < 4.78 is 26.4. The highest BCUT2D eigenvalue weighted by Gasteiger charge is 2.23. The van der Waals surface area contributed by atoms with E-state index in [0.717, 1.165) is 31.8 Å². The molecule has 26 heavy (non-hydrogen) atoms. The molecule has 1 atom stereocenters. The van der Waals surface area contributed by atoms with Gasteiger partial charge < -0.3 is 10.2 Å². The molecule has 5 heteroatoms. The molecule has 1 aliphatic heterocycles. The maximum atomic E-state index is 13.4. The Balaban J connectivity index is 1.33. The van der Waals surface area contributed by atoms with Crippen molar-refractivity contribution < 1.29 is 13.6 Å². The molecule has 0 radical (unpaired) electrons. The van der Waals surface area contributed by atoms with Crippen LogP contribution in [0.25, 0.3) is 0 Å². The molecule has 1 aliphatic carbocycles. The van der Waals surface area contributed by atoms with Crippen LogP contribution in [0.4, 0.5) is 14.5 Å². The van der Waals surface area contributed by atoms with Gasteiger partial charge in [-0.25, -0.2) is 8.78 Å². The highest BCUT2D eigenvalue weighted by molar-refractivity contribution is 5.75. The van der Waals surface area contributed by atoms with E-state index < -0.39 is 11.6 Å². The number of rotatable bonds is 7. The second-order valence-electron chi connectivity index (χ2n) is 7.90. The average molecular weight is 364 g/mol. The summed E-state index contributed by atoms with van der Waals surface area (Å²) in [5, 5.41) is 3.06. The van der Waals surface area contributed by atoms with Crippen molar-refractivity contribution in [2.75, 3.05) is 24.5 Å². The summed E-state index contributed by atoms with van der Waals surface area (Å²) in [7, 11) is 0. The number of nitrogens with zero attached hydrogens (tertiary/aromatic N) is 1. The first-order valence-corrected chi connectivity index (χ1v) is 10.1. The van der Waals surface area contributed by atoms with Gasteiger partial charge in [0, 0.05) is 37.8 Å². The zero-order valence-corrected chi connectivity index (χ0v) is 15.5. The van der Waals surface area contributed by atoms with Crippen LogP contribution in [-0.2, 0) is 4.79 Å². The quantitative estimate of drug-likeness (QED) is 0.763. The minimum Gasteiger partial charge on any atom is -0.371 e. The monoisotopic (exact) mass is 364 g/mol. The Kier molecular flexibility index (Phi) is 6.86. The van der Waals surface area contributed by atoms with E-state index in [2.05, 4.69) is 10.2 Å². The molecule has 1 heterocycles. The van der Waals surface area contributed by atoms with E-state index in [1.807, 2.05) is 0 Å². The van der Waals surface area contributed by atoms with Crippen molar-refractivity contribution in [1.82, 2.24) is 5.32 Å². The molecule has 0 aromatic heterocycles. The predicted octanol–water partition coefficient (Wildman–Crippen LogP) is 4.66. The lowest BCUT2D eigenvalue weighted by Gasteiger charge is -2.21. The van der Waals surface area contributed by atoms with Crippen molar-refractivity contribution in [3.63, 3.8) is 0 Å². The first kappa shape index (κ1) is 19.1. The Morgan fingerprint density at radius 3 is 2.65 bits per heavy atom. The summed E-state index contributed by atoms with van der Waals surface area (Å²) >= 11 is 0. The third-order valence-electron chi connectivity index (χ3n) is 5.88. The number of hydrogen-bond acceptors (Lipinski definition) is 2. The minimum atomic E-state index is -0.815. The molecular weight excluding hydrogens is 334 g/mol. The summed E-state index contributed by atoms with van der Waals surface area (Å²) in [6, 6.07) is 4.04. The summed E-state index contributed by atoms with van der Waals surface area (Å²) in [6.45, 7) is 2.25. The standard InChI is InChI=1S/C21H30F2N2O/c22-19-10-9-18(13-20(19)23)25-12-11-17(15-25)14-24-21(26)8-4-7-16-5-2-1-3-6-16/h9-10,13,16-17H,1-8,11-12,14-15H2,(H,24,26). The SMILES string of the molecule is O=C(CCCC1CCCCC1)NCC1CCN(c2ccc(F)c(F)c2)C1. The fraction of sp³-hybridized carbons (Fsp3) is 0.667. The van der Waals surface area contributed by atoms with Crippen molar-refractivity contribution in [1.29, 1.82) is 0 Å². The van der Waals surface area contributed by atoms with Crippen LogP contribution in [0.3, 0.4) is 0 Å². The van der Waals surface area contributed by atoms with E-state index in [-0.39, 0.29) is 5.91 Å². The first-order chi connectivity index (χ1) is 12.6. The zero-order valence-electron chi connectivity index (χ0n) is 15.5. The lowest BCUT2D eigenvalue weighted by Crippen LogP contribution is -2.31. The Morgan fingerprint density at radius 1 is 1.08 bits per heavy atom. The van der Waals surface area contributed by atoms with Gasteiger partial charge in [0.25, 0.3) is 0 Å². The summed E-state index contributed by atoms with van der Waals surface area (Å²) in [5.74, 6) is -0.282. The summed E-state index contributed by atoms with van der Waals surface area (Å²) in [6.07, 6.45) is 10.5. The van der Waals surface area contributed by atoms with Gasteiger partial charge in [0.2, 0.25) is 5.91 Å². The number of amides is 1. The van der Waals surface area contributed by atoms with Gasteiger partial charge in [-0.05, 0) is 43.2 Å². The second kappa shape index (κ2) is 9.33.